The van der Waals surface area contributed by atoms with Crippen molar-refractivity contribution in [3.8, 4) is 5.75 Å². The van der Waals surface area contributed by atoms with Crippen molar-refractivity contribution in [2.75, 3.05) is 31.8 Å². The van der Waals surface area contributed by atoms with Gasteiger partial charge in [0.1, 0.15) is 5.75 Å². The van der Waals surface area contributed by atoms with Gasteiger partial charge in [0.05, 0.1) is 24.3 Å². The Morgan fingerprint density at radius 3 is 2.74 bits per heavy atom. The van der Waals surface area contributed by atoms with Crippen LogP contribution < -0.4 is 15.4 Å². The smallest absolute Gasteiger partial charge is 0.264 e. The number of hydrogen-bond donors (Lipinski definition) is 1. The molecule has 0 spiro atoms. The summed E-state index contributed by atoms with van der Waals surface area (Å²) >= 11 is 0. The Hall–Kier alpha value is -1.59. The van der Waals surface area contributed by atoms with E-state index in [0.29, 0.717) is 13.2 Å². The van der Waals surface area contributed by atoms with E-state index in [4.69, 9.17) is 15.2 Å². The van der Waals surface area contributed by atoms with E-state index in [1.54, 1.807) is 11.9 Å². The second kappa shape index (κ2) is 4.21. The van der Waals surface area contributed by atoms with Crippen LogP contribution in [-0.2, 0) is 14.9 Å². The molecule has 1 saturated heterocycles. The van der Waals surface area contributed by atoms with Crippen LogP contribution in [0.15, 0.2) is 18.2 Å². The fraction of sp³-hybridized carbons (Fsp3) is 0.500. The number of fused-ring (bicyclic) bond motifs is 1. The number of likely N-dealkylation sites (N-methyl/N-ethyl adjacent to an activating group) is 1. The molecule has 1 unspecified atom stereocenters. The maximum Gasteiger partial charge on any atom is 0.264 e. The van der Waals surface area contributed by atoms with Gasteiger partial charge in [0, 0.05) is 13.1 Å². The number of anilines is 1. The zero-order chi connectivity index (χ0) is 13.6. The minimum atomic E-state index is -0.142. The average Bonchev–Trinajstić information content (AvgIpc) is 2.32. The molecule has 0 saturated carbocycles. The van der Waals surface area contributed by atoms with Crippen LogP contribution in [0, 0.1) is 0 Å². The Morgan fingerprint density at radius 2 is 2.16 bits per heavy atom. The van der Waals surface area contributed by atoms with E-state index in [0.717, 1.165) is 17.0 Å². The third-order valence-corrected chi connectivity index (χ3v) is 4.21. The van der Waals surface area contributed by atoms with Crippen molar-refractivity contribution in [1.29, 1.82) is 0 Å². The number of carbonyl (C=O) groups excluding carboxylic acids is 1. The first kappa shape index (κ1) is 12.4. The van der Waals surface area contributed by atoms with Crippen molar-refractivity contribution < 1.29 is 14.3 Å². The topological polar surface area (TPSA) is 64.8 Å². The molecule has 19 heavy (non-hydrogen) atoms. The average molecular weight is 262 g/mol. The number of benzene rings is 1. The summed E-state index contributed by atoms with van der Waals surface area (Å²) in [6.45, 7) is 3.35. The van der Waals surface area contributed by atoms with E-state index >= 15 is 0 Å². The SMILES string of the molecule is CC(N)C1(c2ccc3c(c2)N(C)C(=O)CO3)COC1. The van der Waals surface area contributed by atoms with Crippen LogP contribution in [0.5, 0.6) is 5.75 Å². The van der Waals surface area contributed by atoms with E-state index in [9.17, 15) is 4.79 Å². The highest BCUT2D eigenvalue weighted by Gasteiger charge is 2.44. The third kappa shape index (κ3) is 1.73. The Bertz CT molecular complexity index is 523. The number of rotatable bonds is 2. The number of carbonyl (C=O) groups is 1. The molecule has 2 N–H and O–H groups in total. The molecule has 5 nitrogen and oxygen atoms in total. The summed E-state index contributed by atoms with van der Waals surface area (Å²) in [5.41, 5.74) is 7.88. The van der Waals surface area contributed by atoms with Gasteiger partial charge in [0.25, 0.3) is 5.91 Å². The molecule has 0 bridgehead atoms. The van der Waals surface area contributed by atoms with Gasteiger partial charge in [-0.3, -0.25) is 4.79 Å². The Balaban J connectivity index is 2.03. The highest BCUT2D eigenvalue weighted by Crippen LogP contribution is 2.40. The number of hydrogen-bond acceptors (Lipinski definition) is 4. The van der Waals surface area contributed by atoms with Gasteiger partial charge >= 0.3 is 0 Å². The van der Waals surface area contributed by atoms with E-state index in [1.165, 1.54) is 0 Å². The molecule has 0 aliphatic carbocycles. The molecule has 1 atom stereocenters. The number of nitrogens with two attached hydrogens (primary N) is 1. The van der Waals surface area contributed by atoms with Crippen molar-refractivity contribution in [3.05, 3.63) is 23.8 Å². The highest BCUT2D eigenvalue weighted by atomic mass is 16.5. The van der Waals surface area contributed by atoms with Crippen molar-refractivity contribution in [2.45, 2.75) is 18.4 Å². The summed E-state index contributed by atoms with van der Waals surface area (Å²) in [6.07, 6.45) is 0. The van der Waals surface area contributed by atoms with E-state index in [-0.39, 0.29) is 24.0 Å². The predicted molar refractivity (Wildman–Crippen MR) is 71.5 cm³/mol. The second-order valence-corrected chi connectivity index (χ2v) is 5.36. The quantitative estimate of drug-likeness (QED) is 0.850. The van der Waals surface area contributed by atoms with Crippen LogP contribution in [0.25, 0.3) is 0 Å². The first-order valence-electron chi connectivity index (χ1n) is 6.42. The largest absolute Gasteiger partial charge is 0.482 e. The van der Waals surface area contributed by atoms with Crippen LogP contribution in [0.2, 0.25) is 0 Å². The van der Waals surface area contributed by atoms with E-state index < -0.39 is 0 Å². The van der Waals surface area contributed by atoms with Crippen molar-refractivity contribution >= 4 is 11.6 Å². The molecule has 3 rings (SSSR count). The van der Waals surface area contributed by atoms with Crippen LogP contribution in [0.3, 0.4) is 0 Å². The molecule has 1 aromatic rings. The lowest BCUT2D eigenvalue weighted by molar-refractivity contribution is -0.120. The van der Waals surface area contributed by atoms with Gasteiger partial charge in [-0.25, -0.2) is 0 Å². The van der Waals surface area contributed by atoms with Gasteiger partial charge < -0.3 is 20.1 Å². The molecule has 102 valence electrons. The summed E-state index contributed by atoms with van der Waals surface area (Å²) < 4.78 is 10.8. The predicted octanol–water partition coefficient (Wildman–Crippen LogP) is 0.657. The summed E-state index contributed by atoms with van der Waals surface area (Å²) in [7, 11) is 1.77. The zero-order valence-corrected chi connectivity index (χ0v) is 11.2. The molecule has 2 aliphatic heterocycles. The number of ether oxygens (including phenoxy) is 2. The monoisotopic (exact) mass is 262 g/mol. The van der Waals surface area contributed by atoms with E-state index in [2.05, 4.69) is 0 Å². The molecule has 5 heteroatoms. The second-order valence-electron chi connectivity index (χ2n) is 5.36. The van der Waals surface area contributed by atoms with Crippen LogP contribution in [-0.4, -0.2) is 38.8 Å². The molecule has 0 aromatic heterocycles. The molecule has 1 amide bonds. The molecular formula is C14H18N2O3. The van der Waals surface area contributed by atoms with Crippen LogP contribution >= 0.6 is 0 Å². The standard InChI is InChI=1S/C14H18N2O3/c1-9(15)14(7-18-8-14)10-3-4-12-11(5-10)16(2)13(17)6-19-12/h3-5,9H,6-8,15H2,1-2H3. The van der Waals surface area contributed by atoms with Gasteiger partial charge in [-0.2, -0.15) is 0 Å². The molecule has 0 radical (unpaired) electrons. The zero-order valence-electron chi connectivity index (χ0n) is 11.2. The van der Waals surface area contributed by atoms with Crippen LogP contribution in [0.4, 0.5) is 5.69 Å². The van der Waals surface area contributed by atoms with Gasteiger partial charge in [-0.1, -0.05) is 6.07 Å². The Morgan fingerprint density at radius 1 is 1.42 bits per heavy atom. The summed E-state index contributed by atoms with van der Waals surface area (Å²) in [4.78, 5) is 13.3. The first-order valence-corrected chi connectivity index (χ1v) is 6.42. The van der Waals surface area contributed by atoms with Gasteiger partial charge in [-0.05, 0) is 24.6 Å². The first-order chi connectivity index (χ1) is 9.04. The molecule has 1 aromatic carbocycles. The maximum atomic E-state index is 11.7. The van der Waals surface area contributed by atoms with E-state index in [1.807, 2.05) is 25.1 Å². The number of amides is 1. The molecule has 1 fully saturated rings. The van der Waals surface area contributed by atoms with Gasteiger partial charge in [-0.15, -0.1) is 0 Å². The minimum absolute atomic E-state index is 0.00446. The Kier molecular flexibility index (Phi) is 2.76. The number of nitrogens with zero attached hydrogens (tertiary/aromatic N) is 1. The molecule has 2 heterocycles. The summed E-state index contributed by atoms with van der Waals surface area (Å²) in [5, 5.41) is 0. The van der Waals surface area contributed by atoms with Gasteiger partial charge in [0.2, 0.25) is 0 Å². The third-order valence-electron chi connectivity index (χ3n) is 4.21. The summed E-state index contributed by atoms with van der Waals surface area (Å²) in [6, 6.07) is 5.94. The summed E-state index contributed by atoms with van der Waals surface area (Å²) in [5.74, 6) is 0.704. The maximum absolute atomic E-state index is 11.7. The van der Waals surface area contributed by atoms with Crippen molar-refractivity contribution in [3.63, 3.8) is 0 Å². The molecule has 2 aliphatic rings. The minimum Gasteiger partial charge on any atom is -0.482 e. The lowest BCUT2D eigenvalue weighted by Gasteiger charge is -2.45. The lowest BCUT2D eigenvalue weighted by Crippen LogP contribution is -2.57. The molecular weight excluding hydrogens is 244 g/mol. The van der Waals surface area contributed by atoms with Gasteiger partial charge in [0.15, 0.2) is 6.61 Å². The Labute approximate surface area is 112 Å². The van der Waals surface area contributed by atoms with Crippen molar-refractivity contribution in [1.82, 2.24) is 0 Å². The normalized spacial score (nSPS) is 22.3. The fourth-order valence-electron chi connectivity index (χ4n) is 2.60. The highest BCUT2D eigenvalue weighted by molar-refractivity contribution is 5.97. The van der Waals surface area contributed by atoms with Crippen LogP contribution in [0.1, 0.15) is 12.5 Å². The lowest BCUT2D eigenvalue weighted by atomic mass is 9.73. The van der Waals surface area contributed by atoms with Crippen molar-refractivity contribution in [2.24, 2.45) is 5.73 Å². The fourth-order valence-corrected chi connectivity index (χ4v) is 2.60.